The fraction of sp³-hybridized carbons (Fsp3) is 0.200. The summed E-state index contributed by atoms with van der Waals surface area (Å²) in [5, 5.41) is 0.891. The van der Waals surface area contributed by atoms with E-state index in [1.807, 2.05) is 0 Å². The Kier molecular flexibility index (Phi) is 3.44. The van der Waals surface area contributed by atoms with Crippen LogP contribution in [0, 0.1) is 0 Å². The van der Waals surface area contributed by atoms with Gasteiger partial charge in [0, 0.05) is 22.0 Å². The Morgan fingerprint density at radius 2 is 1.89 bits per heavy atom. The summed E-state index contributed by atoms with van der Waals surface area (Å²) in [6, 6.07) is 15.2. The van der Waals surface area contributed by atoms with E-state index in [1.54, 1.807) is 0 Å². The quantitative estimate of drug-likeness (QED) is 0.673. The van der Waals surface area contributed by atoms with Crippen molar-refractivity contribution in [1.29, 1.82) is 0 Å². The van der Waals surface area contributed by atoms with Gasteiger partial charge in [0.1, 0.15) is 0 Å². The van der Waals surface area contributed by atoms with Crippen LogP contribution in [0.15, 0.2) is 46.9 Å². The van der Waals surface area contributed by atoms with Gasteiger partial charge in [-0.2, -0.15) is 0 Å². The molecule has 3 heteroatoms. The summed E-state index contributed by atoms with van der Waals surface area (Å²) in [7, 11) is 0. The van der Waals surface area contributed by atoms with Gasteiger partial charge in [0.2, 0.25) is 0 Å². The normalized spacial score (nSPS) is 13.8. The number of fused-ring (bicyclic) bond motifs is 1. The van der Waals surface area contributed by atoms with Crippen molar-refractivity contribution in [2.45, 2.75) is 11.8 Å². The Morgan fingerprint density at radius 3 is 2.67 bits per heavy atom. The molecular formula is C15H13Br2N. The van der Waals surface area contributed by atoms with E-state index in [4.69, 9.17) is 0 Å². The zero-order chi connectivity index (χ0) is 12.5. The molecule has 1 heterocycles. The highest BCUT2D eigenvalue weighted by Gasteiger charge is 2.21. The number of hydrogen-bond donors (Lipinski definition) is 0. The van der Waals surface area contributed by atoms with Crippen molar-refractivity contribution in [2.75, 3.05) is 11.4 Å². The minimum Gasteiger partial charge on any atom is -0.340 e. The molecular weight excluding hydrogens is 354 g/mol. The molecule has 0 spiro atoms. The van der Waals surface area contributed by atoms with E-state index in [0.29, 0.717) is 0 Å². The number of alkyl halides is 1. The number of anilines is 2. The van der Waals surface area contributed by atoms with E-state index in [1.165, 1.54) is 22.5 Å². The minimum absolute atomic E-state index is 0.891. The summed E-state index contributed by atoms with van der Waals surface area (Å²) in [6.07, 6.45) is 1.13. The molecule has 0 unspecified atom stereocenters. The molecule has 0 amide bonds. The Balaban J connectivity index is 2.02. The van der Waals surface area contributed by atoms with Crippen LogP contribution >= 0.6 is 31.9 Å². The number of halogens is 2. The highest BCUT2D eigenvalue weighted by Crippen LogP contribution is 2.38. The van der Waals surface area contributed by atoms with Crippen molar-refractivity contribution in [3.63, 3.8) is 0 Å². The van der Waals surface area contributed by atoms with Gasteiger partial charge in [0.25, 0.3) is 0 Å². The van der Waals surface area contributed by atoms with Gasteiger partial charge < -0.3 is 4.90 Å². The Labute approximate surface area is 124 Å². The smallest absolute Gasteiger partial charge is 0.0555 e. The van der Waals surface area contributed by atoms with Crippen LogP contribution < -0.4 is 4.90 Å². The first-order valence-corrected chi connectivity index (χ1v) is 7.91. The van der Waals surface area contributed by atoms with E-state index >= 15 is 0 Å². The molecule has 0 aliphatic carbocycles. The molecule has 1 aliphatic rings. The van der Waals surface area contributed by atoms with E-state index in [2.05, 4.69) is 79.2 Å². The standard InChI is InChI=1S/C15H13Br2N/c16-10-11-5-6-15(13(17)9-11)18-8-7-12-3-1-2-4-14(12)18/h1-6,9H,7-8,10H2. The average Bonchev–Trinajstić information content (AvgIpc) is 2.82. The molecule has 1 nitrogen and oxygen atoms in total. The highest BCUT2D eigenvalue weighted by molar-refractivity contribution is 9.10. The van der Waals surface area contributed by atoms with Crippen molar-refractivity contribution in [3.05, 3.63) is 58.1 Å². The lowest BCUT2D eigenvalue weighted by Gasteiger charge is -2.21. The fourth-order valence-corrected chi connectivity index (χ4v) is 3.43. The van der Waals surface area contributed by atoms with Crippen molar-refractivity contribution >= 4 is 43.2 Å². The molecule has 0 saturated heterocycles. The molecule has 0 fully saturated rings. The maximum absolute atomic E-state index is 3.69. The van der Waals surface area contributed by atoms with Crippen LogP contribution in [0.1, 0.15) is 11.1 Å². The van der Waals surface area contributed by atoms with Gasteiger partial charge in [-0.3, -0.25) is 0 Å². The van der Waals surface area contributed by atoms with Crippen molar-refractivity contribution in [3.8, 4) is 0 Å². The number of nitrogens with zero attached hydrogens (tertiary/aromatic N) is 1. The molecule has 0 saturated carbocycles. The zero-order valence-corrected chi connectivity index (χ0v) is 13.0. The molecule has 92 valence electrons. The number of para-hydroxylation sites is 1. The number of rotatable bonds is 2. The average molecular weight is 367 g/mol. The lowest BCUT2D eigenvalue weighted by atomic mass is 10.1. The van der Waals surface area contributed by atoms with Crippen LogP contribution in [0.4, 0.5) is 11.4 Å². The largest absolute Gasteiger partial charge is 0.340 e. The number of benzene rings is 2. The molecule has 0 bridgehead atoms. The summed E-state index contributed by atoms with van der Waals surface area (Å²) in [5.74, 6) is 0. The summed E-state index contributed by atoms with van der Waals surface area (Å²) >= 11 is 7.18. The molecule has 0 radical (unpaired) electrons. The predicted octanol–water partition coefficient (Wildman–Crippen LogP) is 5.04. The second-order valence-corrected chi connectivity index (χ2v) is 5.86. The predicted molar refractivity (Wildman–Crippen MR) is 83.9 cm³/mol. The van der Waals surface area contributed by atoms with Gasteiger partial charge in [-0.1, -0.05) is 40.2 Å². The summed E-state index contributed by atoms with van der Waals surface area (Å²) in [5.41, 5.74) is 5.32. The van der Waals surface area contributed by atoms with Crippen LogP contribution in [0.3, 0.4) is 0 Å². The lowest BCUT2D eigenvalue weighted by Crippen LogP contribution is -2.13. The second kappa shape index (κ2) is 5.06. The van der Waals surface area contributed by atoms with Crippen LogP contribution in [-0.4, -0.2) is 6.54 Å². The minimum atomic E-state index is 0.891. The third-order valence-electron chi connectivity index (χ3n) is 3.34. The zero-order valence-electron chi connectivity index (χ0n) is 9.87. The first kappa shape index (κ1) is 12.2. The van der Waals surface area contributed by atoms with Crippen molar-refractivity contribution in [2.24, 2.45) is 0 Å². The van der Waals surface area contributed by atoms with Gasteiger partial charge in [0.05, 0.1) is 5.69 Å². The molecule has 0 aromatic heterocycles. The van der Waals surface area contributed by atoms with Gasteiger partial charge in [-0.15, -0.1) is 0 Å². The fourth-order valence-electron chi connectivity index (χ4n) is 2.44. The molecule has 2 aromatic rings. The monoisotopic (exact) mass is 365 g/mol. The van der Waals surface area contributed by atoms with Crippen molar-refractivity contribution < 1.29 is 0 Å². The van der Waals surface area contributed by atoms with E-state index in [-0.39, 0.29) is 0 Å². The third kappa shape index (κ3) is 2.10. The first-order chi connectivity index (χ1) is 8.79. The van der Waals surface area contributed by atoms with Gasteiger partial charge in [0.15, 0.2) is 0 Å². The summed E-state index contributed by atoms with van der Waals surface area (Å²) in [6.45, 7) is 1.06. The molecule has 0 N–H and O–H groups in total. The SMILES string of the molecule is BrCc1ccc(N2CCc3ccccc32)c(Br)c1. The summed E-state index contributed by atoms with van der Waals surface area (Å²) in [4.78, 5) is 2.39. The first-order valence-electron chi connectivity index (χ1n) is 5.99. The Hall–Kier alpha value is -0.800. The van der Waals surface area contributed by atoms with Crippen LogP contribution in [0.25, 0.3) is 0 Å². The molecule has 0 atom stereocenters. The molecule has 18 heavy (non-hydrogen) atoms. The lowest BCUT2D eigenvalue weighted by molar-refractivity contribution is 0.995. The van der Waals surface area contributed by atoms with Crippen LogP contribution in [-0.2, 0) is 11.8 Å². The Bertz CT molecular complexity index is 580. The maximum atomic E-state index is 3.69. The van der Waals surface area contributed by atoms with E-state index in [9.17, 15) is 0 Å². The third-order valence-corrected chi connectivity index (χ3v) is 4.63. The Morgan fingerprint density at radius 1 is 1.06 bits per heavy atom. The maximum Gasteiger partial charge on any atom is 0.0555 e. The topological polar surface area (TPSA) is 3.24 Å². The summed E-state index contributed by atoms with van der Waals surface area (Å²) < 4.78 is 1.16. The van der Waals surface area contributed by atoms with Gasteiger partial charge in [-0.05, 0) is 51.7 Å². The molecule has 2 aromatic carbocycles. The molecule has 3 rings (SSSR count). The van der Waals surface area contributed by atoms with E-state index < -0.39 is 0 Å². The van der Waals surface area contributed by atoms with Crippen LogP contribution in [0.2, 0.25) is 0 Å². The van der Waals surface area contributed by atoms with E-state index in [0.717, 1.165) is 22.8 Å². The second-order valence-electron chi connectivity index (χ2n) is 4.45. The highest BCUT2D eigenvalue weighted by atomic mass is 79.9. The van der Waals surface area contributed by atoms with Gasteiger partial charge in [-0.25, -0.2) is 0 Å². The molecule has 1 aliphatic heterocycles. The van der Waals surface area contributed by atoms with Crippen molar-refractivity contribution in [1.82, 2.24) is 0 Å². The number of hydrogen-bond acceptors (Lipinski definition) is 1. The van der Waals surface area contributed by atoms with Crippen LogP contribution in [0.5, 0.6) is 0 Å². The van der Waals surface area contributed by atoms with Gasteiger partial charge >= 0.3 is 0 Å².